The molecule has 0 aromatic heterocycles. The minimum Gasteiger partial charge on any atom is -0.309 e. The monoisotopic (exact) mass is 139 g/mol. The molecule has 0 aromatic carbocycles. The van der Waals surface area contributed by atoms with E-state index in [2.05, 4.69) is 31.7 Å². The van der Waals surface area contributed by atoms with E-state index < -0.39 is 0 Å². The average molecular weight is 139 g/mol. The Morgan fingerprint density at radius 2 is 2.10 bits per heavy atom. The zero-order valence-corrected chi connectivity index (χ0v) is 7.22. The maximum absolute atomic E-state index is 3.90. The molecule has 0 amide bonds. The van der Waals surface area contributed by atoms with Gasteiger partial charge in [-0.2, -0.15) is 0 Å². The summed E-state index contributed by atoms with van der Waals surface area (Å²) in [7, 11) is 4.14. The van der Waals surface area contributed by atoms with Gasteiger partial charge in [0.15, 0.2) is 0 Å². The van der Waals surface area contributed by atoms with Gasteiger partial charge in [0.05, 0.1) is 0 Å². The summed E-state index contributed by atoms with van der Waals surface area (Å²) in [6.07, 6.45) is 5.15. The molecular formula is C9H17N. The highest BCUT2D eigenvalue weighted by atomic mass is 15.0. The smallest absolute Gasteiger partial charge is 0.00155 e. The predicted octanol–water partition coefficient (Wildman–Crippen LogP) is 2.07. The van der Waals surface area contributed by atoms with E-state index in [9.17, 15) is 0 Å². The van der Waals surface area contributed by atoms with E-state index in [4.69, 9.17) is 0 Å². The molecule has 0 saturated heterocycles. The van der Waals surface area contributed by atoms with Crippen LogP contribution in [0.4, 0.5) is 0 Å². The van der Waals surface area contributed by atoms with E-state index in [-0.39, 0.29) is 0 Å². The van der Waals surface area contributed by atoms with Gasteiger partial charge in [-0.25, -0.2) is 0 Å². The molecule has 10 heavy (non-hydrogen) atoms. The topological polar surface area (TPSA) is 3.24 Å². The first-order valence-corrected chi connectivity index (χ1v) is 3.62. The molecule has 0 rings (SSSR count). The second kappa shape index (κ2) is 5.24. The molecule has 0 spiro atoms. The summed E-state index contributed by atoms with van der Waals surface area (Å²) in [5, 5.41) is 0. The number of hydrogen-bond acceptors (Lipinski definition) is 1. The molecule has 0 fully saturated rings. The Morgan fingerprint density at radius 1 is 1.50 bits per heavy atom. The van der Waals surface area contributed by atoms with E-state index >= 15 is 0 Å². The zero-order chi connectivity index (χ0) is 7.98. The van der Waals surface area contributed by atoms with Crippen LogP contribution >= 0.6 is 0 Å². The number of nitrogens with zero attached hydrogens (tertiary/aromatic N) is 1. The molecule has 58 valence electrons. The number of allylic oxidation sites excluding steroid dienone is 2. The van der Waals surface area contributed by atoms with Crippen molar-refractivity contribution in [1.29, 1.82) is 0 Å². The van der Waals surface area contributed by atoms with Gasteiger partial charge in [0.25, 0.3) is 0 Å². The third-order valence-corrected chi connectivity index (χ3v) is 1.28. The highest BCUT2D eigenvalue weighted by Crippen LogP contribution is 1.99. The van der Waals surface area contributed by atoms with Gasteiger partial charge in [-0.3, -0.25) is 0 Å². The molecule has 0 aliphatic rings. The lowest BCUT2D eigenvalue weighted by molar-refractivity contribution is 0.414. The van der Waals surface area contributed by atoms with Gasteiger partial charge < -0.3 is 4.90 Å². The Bertz CT molecular complexity index is 123. The van der Waals surface area contributed by atoms with Crippen LogP contribution in [0.3, 0.4) is 0 Å². The van der Waals surface area contributed by atoms with Crippen LogP contribution < -0.4 is 0 Å². The second-order valence-corrected chi connectivity index (χ2v) is 2.71. The minimum absolute atomic E-state index is 1.07. The molecule has 1 heteroatoms. The first-order chi connectivity index (χ1) is 4.66. The van der Waals surface area contributed by atoms with Crippen molar-refractivity contribution in [3.8, 4) is 0 Å². The van der Waals surface area contributed by atoms with Crippen LogP contribution in [0.15, 0.2) is 24.3 Å². The number of hydrogen-bond donors (Lipinski definition) is 0. The van der Waals surface area contributed by atoms with Crippen LogP contribution in [-0.2, 0) is 0 Å². The minimum atomic E-state index is 1.07. The summed E-state index contributed by atoms with van der Waals surface area (Å²) in [6.45, 7) is 7.00. The summed E-state index contributed by atoms with van der Waals surface area (Å²) in [5.74, 6) is 0. The molecule has 0 aromatic rings. The van der Waals surface area contributed by atoms with Crippen molar-refractivity contribution in [2.45, 2.75) is 13.3 Å². The molecule has 0 aliphatic carbocycles. The maximum Gasteiger partial charge on any atom is 0.00155 e. The van der Waals surface area contributed by atoms with E-state index in [1.165, 1.54) is 5.57 Å². The van der Waals surface area contributed by atoms with Crippen LogP contribution in [0.2, 0.25) is 0 Å². The van der Waals surface area contributed by atoms with E-state index in [1.54, 1.807) is 0 Å². The summed E-state index contributed by atoms with van der Waals surface area (Å²) in [6, 6.07) is 0. The molecule has 0 saturated carbocycles. The van der Waals surface area contributed by atoms with Crippen molar-refractivity contribution in [1.82, 2.24) is 4.90 Å². The lowest BCUT2D eigenvalue weighted by Crippen LogP contribution is -2.12. The molecule has 0 unspecified atom stereocenters. The van der Waals surface area contributed by atoms with Gasteiger partial charge in [0.2, 0.25) is 0 Å². The Kier molecular flexibility index (Phi) is 4.95. The molecule has 0 N–H and O–H groups in total. The molecular weight excluding hydrogens is 122 g/mol. The van der Waals surface area contributed by atoms with Gasteiger partial charge in [-0.1, -0.05) is 24.3 Å². The van der Waals surface area contributed by atoms with Crippen molar-refractivity contribution in [2.75, 3.05) is 20.6 Å². The Labute approximate surface area is 64.0 Å². The van der Waals surface area contributed by atoms with E-state index in [0.717, 1.165) is 13.0 Å². The third kappa shape index (κ3) is 5.57. The maximum atomic E-state index is 3.90. The van der Waals surface area contributed by atoms with Crippen LogP contribution in [-0.4, -0.2) is 25.5 Å². The van der Waals surface area contributed by atoms with Gasteiger partial charge in [0.1, 0.15) is 0 Å². The molecule has 0 radical (unpaired) electrons. The summed E-state index contributed by atoms with van der Waals surface area (Å²) < 4.78 is 0. The highest BCUT2D eigenvalue weighted by molar-refractivity contribution is 5.13. The molecule has 1 nitrogen and oxygen atoms in total. The number of rotatable bonds is 4. The predicted molar refractivity (Wildman–Crippen MR) is 47.1 cm³/mol. The zero-order valence-electron chi connectivity index (χ0n) is 7.22. The fourth-order valence-electron chi connectivity index (χ4n) is 0.686. The largest absolute Gasteiger partial charge is 0.309 e. The third-order valence-electron chi connectivity index (χ3n) is 1.28. The van der Waals surface area contributed by atoms with Gasteiger partial charge in [-0.05, 0) is 27.4 Å². The fourth-order valence-corrected chi connectivity index (χ4v) is 0.686. The van der Waals surface area contributed by atoms with Crippen LogP contribution in [0, 0.1) is 0 Å². The second-order valence-electron chi connectivity index (χ2n) is 2.71. The molecule has 0 aliphatic heterocycles. The van der Waals surface area contributed by atoms with E-state index in [0.29, 0.717) is 0 Å². The Balaban J connectivity index is 3.40. The normalized spacial score (nSPS) is 11.2. The van der Waals surface area contributed by atoms with Crippen molar-refractivity contribution >= 4 is 0 Å². The first-order valence-electron chi connectivity index (χ1n) is 3.62. The lowest BCUT2D eigenvalue weighted by Gasteiger charge is -2.08. The standard InChI is InChI=1S/C9H17N/c1-5-6-9(2)7-8-10(3)4/h5-6H,2,7-8H2,1,3-4H3/b6-5-. The molecule has 0 bridgehead atoms. The van der Waals surface area contributed by atoms with E-state index in [1.807, 2.05) is 13.0 Å². The average Bonchev–Trinajstić information content (AvgIpc) is 1.85. The van der Waals surface area contributed by atoms with Crippen LogP contribution in [0.5, 0.6) is 0 Å². The lowest BCUT2D eigenvalue weighted by atomic mass is 10.2. The fraction of sp³-hybridized carbons (Fsp3) is 0.556. The first kappa shape index (κ1) is 9.44. The van der Waals surface area contributed by atoms with Crippen molar-refractivity contribution in [2.24, 2.45) is 0 Å². The van der Waals surface area contributed by atoms with Gasteiger partial charge >= 0.3 is 0 Å². The Hall–Kier alpha value is -0.560. The van der Waals surface area contributed by atoms with Crippen LogP contribution in [0.1, 0.15) is 13.3 Å². The molecule has 0 heterocycles. The highest BCUT2D eigenvalue weighted by Gasteiger charge is 1.90. The summed E-state index contributed by atoms with van der Waals surface area (Å²) in [4.78, 5) is 2.16. The van der Waals surface area contributed by atoms with Gasteiger partial charge in [0, 0.05) is 6.54 Å². The quantitative estimate of drug-likeness (QED) is 0.539. The Morgan fingerprint density at radius 3 is 2.50 bits per heavy atom. The summed E-state index contributed by atoms with van der Waals surface area (Å²) >= 11 is 0. The van der Waals surface area contributed by atoms with Crippen molar-refractivity contribution in [3.05, 3.63) is 24.3 Å². The van der Waals surface area contributed by atoms with Crippen molar-refractivity contribution in [3.63, 3.8) is 0 Å². The van der Waals surface area contributed by atoms with Crippen molar-refractivity contribution < 1.29 is 0 Å². The van der Waals surface area contributed by atoms with Gasteiger partial charge in [-0.15, -0.1) is 0 Å². The SMILES string of the molecule is C=C(/C=C\C)CCN(C)C. The molecule has 0 atom stereocenters. The summed E-state index contributed by atoms with van der Waals surface area (Å²) in [5.41, 5.74) is 1.20. The van der Waals surface area contributed by atoms with Crippen LogP contribution in [0.25, 0.3) is 0 Å².